The van der Waals surface area contributed by atoms with Crippen LogP contribution < -0.4 is 14.8 Å². The smallest absolute Gasteiger partial charge is 0.255 e. The molecule has 0 radical (unpaired) electrons. The first-order valence-corrected chi connectivity index (χ1v) is 12.8. The highest BCUT2D eigenvalue weighted by Gasteiger charge is 2.23. The zero-order chi connectivity index (χ0) is 22.6. The van der Waals surface area contributed by atoms with Crippen LogP contribution in [0.25, 0.3) is 0 Å². The van der Waals surface area contributed by atoms with Gasteiger partial charge in [0.2, 0.25) is 10.0 Å². The Labute approximate surface area is 193 Å². The predicted octanol–water partition coefficient (Wildman–Crippen LogP) is 4.37. The minimum atomic E-state index is -3.89. The molecule has 32 heavy (non-hydrogen) atoms. The molecule has 1 amide bonds. The van der Waals surface area contributed by atoms with E-state index in [1.54, 1.807) is 12.1 Å². The monoisotopic (exact) mass is 478 g/mol. The van der Waals surface area contributed by atoms with Crippen molar-refractivity contribution < 1.29 is 22.7 Å². The molecule has 2 aromatic carbocycles. The van der Waals surface area contributed by atoms with Crippen molar-refractivity contribution >= 4 is 33.2 Å². The Hall–Kier alpha value is -2.13. The van der Waals surface area contributed by atoms with Crippen LogP contribution >= 0.6 is 11.6 Å². The molecule has 2 N–H and O–H groups in total. The summed E-state index contributed by atoms with van der Waals surface area (Å²) in [6.45, 7) is 0.804. The van der Waals surface area contributed by atoms with Crippen LogP contribution in [0.2, 0.25) is 5.02 Å². The van der Waals surface area contributed by atoms with E-state index in [0.717, 1.165) is 25.7 Å². The molecule has 2 aromatic rings. The lowest BCUT2D eigenvalue weighted by Gasteiger charge is -2.15. The third kappa shape index (κ3) is 5.81. The molecule has 1 heterocycles. The molecule has 1 aliphatic carbocycles. The third-order valence-corrected chi connectivity index (χ3v) is 7.61. The molecule has 4 rings (SSSR count). The van der Waals surface area contributed by atoms with Crippen LogP contribution in [0.4, 0.5) is 5.69 Å². The van der Waals surface area contributed by atoms with Crippen molar-refractivity contribution in [3.8, 4) is 5.75 Å². The van der Waals surface area contributed by atoms with Gasteiger partial charge in [-0.25, -0.2) is 13.1 Å². The molecule has 1 aliphatic heterocycles. The normalized spacial score (nSPS) is 19.2. The summed E-state index contributed by atoms with van der Waals surface area (Å²) in [5.41, 5.74) is 0.760. The number of benzene rings is 2. The SMILES string of the molecule is O=C(Nc1cccc(OC2CCCC2)c1)c1ccc(Cl)c(S(=O)(=O)NCC2CCCO2)c1. The Morgan fingerprint density at radius 3 is 2.66 bits per heavy atom. The zero-order valence-corrected chi connectivity index (χ0v) is 19.3. The van der Waals surface area contributed by atoms with Gasteiger partial charge in [-0.15, -0.1) is 0 Å². The van der Waals surface area contributed by atoms with Gasteiger partial charge in [0.1, 0.15) is 10.6 Å². The minimum absolute atomic E-state index is 0.0494. The number of rotatable bonds is 8. The first kappa shape index (κ1) is 23.0. The van der Waals surface area contributed by atoms with Crippen molar-refractivity contribution in [2.75, 3.05) is 18.5 Å². The van der Waals surface area contributed by atoms with Crippen molar-refractivity contribution in [2.45, 2.75) is 55.6 Å². The molecule has 1 atom stereocenters. The number of carbonyl (C=O) groups excluding carboxylic acids is 1. The van der Waals surface area contributed by atoms with Crippen LogP contribution in [0.3, 0.4) is 0 Å². The molecule has 0 bridgehead atoms. The Morgan fingerprint density at radius 1 is 1.09 bits per heavy atom. The van der Waals surface area contributed by atoms with E-state index in [0.29, 0.717) is 18.0 Å². The number of ether oxygens (including phenoxy) is 2. The Bertz CT molecular complexity index is 1060. The summed E-state index contributed by atoms with van der Waals surface area (Å²) in [6.07, 6.45) is 6.22. The molecule has 0 spiro atoms. The lowest BCUT2D eigenvalue weighted by Crippen LogP contribution is -2.32. The predicted molar refractivity (Wildman–Crippen MR) is 123 cm³/mol. The summed E-state index contributed by atoms with van der Waals surface area (Å²) in [5, 5.41) is 2.85. The van der Waals surface area contributed by atoms with Gasteiger partial charge in [0.25, 0.3) is 5.91 Å². The van der Waals surface area contributed by atoms with Gasteiger partial charge in [-0.2, -0.15) is 0 Å². The highest BCUT2D eigenvalue weighted by atomic mass is 35.5. The van der Waals surface area contributed by atoms with Gasteiger partial charge in [0.05, 0.1) is 17.2 Å². The van der Waals surface area contributed by atoms with Gasteiger partial charge in [-0.1, -0.05) is 17.7 Å². The molecule has 2 aliphatic rings. The standard InChI is InChI=1S/C23H27ClN2O5S/c24-21-11-10-16(13-22(21)32(28,29)25-15-20-9-4-12-30-20)23(27)26-17-5-3-8-19(14-17)31-18-6-1-2-7-18/h3,5,8,10-11,13-14,18,20,25H,1-2,4,6-7,9,12,15H2,(H,26,27). The average molecular weight is 479 g/mol. The quantitative estimate of drug-likeness (QED) is 0.587. The van der Waals surface area contributed by atoms with Crippen molar-refractivity contribution in [1.29, 1.82) is 0 Å². The first-order chi connectivity index (χ1) is 15.4. The molecule has 172 valence electrons. The molecule has 0 aromatic heterocycles. The number of amides is 1. The summed E-state index contributed by atoms with van der Waals surface area (Å²) in [6, 6.07) is 11.4. The van der Waals surface area contributed by atoms with E-state index in [-0.39, 0.29) is 34.2 Å². The summed E-state index contributed by atoms with van der Waals surface area (Å²) in [5.74, 6) is 0.266. The Morgan fingerprint density at radius 2 is 1.91 bits per heavy atom. The van der Waals surface area contributed by atoms with Gasteiger partial charge in [-0.05, 0) is 68.9 Å². The third-order valence-electron chi connectivity index (χ3n) is 5.70. The fourth-order valence-corrected chi connectivity index (χ4v) is 5.58. The topological polar surface area (TPSA) is 93.7 Å². The number of anilines is 1. The second-order valence-electron chi connectivity index (χ2n) is 8.14. The maximum Gasteiger partial charge on any atom is 0.255 e. The van der Waals surface area contributed by atoms with E-state index in [1.165, 1.54) is 31.0 Å². The Balaban J connectivity index is 1.44. The highest BCUT2D eigenvalue weighted by molar-refractivity contribution is 7.89. The van der Waals surface area contributed by atoms with Crippen LogP contribution in [0.15, 0.2) is 47.4 Å². The second kappa shape index (κ2) is 10.2. The minimum Gasteiger partial charge on any atom is -0.490 e. The molecule has 1 saturated heterocycles. The zero-order valence-electron chi connectivity index (χ0n) is 17.7. The Kier molecular flexibility index (Phi) is 7.35. The van der Waals surface area contributed by atoms with Crippen LogP contribution in [0.1, 0.15) is 48.9 Å². The maximum absolute atomic E-state index is 12.8. The fourth-order valence-electron chi connectivity index (χ4n) is 3.99. The van der Waals surface area contributed by atoms with E-state index >= 15 is 0 Å². The fraction of sp³-hybridized carbons (Fsp3) is 0.435. The van der Waals surface area contributed by atoms with Gasteiger partial charge in [-0.3, -0.25) is 4.79 Å². The van der Waals surface area contributed by atoms with E-state index in [2.05, 4.69) is 10.0 Å². The van der Waals surface area contributed by atoms with Crippen LogP contribution in [-0.4, -0.2) is 39.7 Å². The van der Waals surface area contributed by atoms with Crippen molar-refractivity contribution in [2.24, 2.45) is 0 Å². The number of hydrogen-bond acceptors (Lipinski definition) is 5. The van der Waals surface area contributed by atoms with Gasteiger partial charge in [0, 0.05) is 30.5 Å². The summed E-state index contributed by atoms with van der Waals surface area (Å²) in [4.78, 5) is 12.7. The number of carbonyl (C=O) groups is 1. The van der Waals surface area contributed by atoms with Crippen LogP contribution in [-0.2, 0) is 14.8 Å². The summed E-state index contributed by atoms with van der Waals surface area (Å²) < 4.78 is 39.5. The molecule has 1 saturated carbocycles. The molecule has 1 unspecified atom stereocenters. The molecule has 7 nitrogen and oxygen atoms in total. The first-order valence-electron chi connectivity index (χ1n) is 10.9. The molecular weight excluding hydrogens is 452 g/mol. The van der Waals surface area contributed by atoms with Crippen molar-refractivity contribution in [3.05, 3.63) is 53.1 Å². The van der Waals surface area contributed by atoms with Crippen molar-refractivity contribution in [1.82, 2.24) is 4.72 Å². The second-order valence-corrected chi connectivity index (χ2v) is 10.3. The van der Waals surface area contributed by atoms with Gasteiger partial charge >= 0.3 is 0 Å². The maximum atomic E-state index is 12.8. The van der Waals surface area contributed by atoms with Crippen LogP contribution in [0, 0.1) is 0 Å². The average Bonchev–Trinajstić information content (AvgIpc) is 3.47. The summed E-state index contributed by atoms with van der Waals surface area (Å²) in [7, 11) is -3.89. The van der Waals surface area contributed by atoms with E-state index < -0.39 is 15.9 Å². The van der Waals surface area contributed by atoms with Crippen molar-refractivity contribution in [3.63, 3.8) is 0 Å². The van der Waals surface area contributed by atoms with Gasteiger partial charge < -0.3 is 14.8 Å². The van der Waals surface area contributed by atoms with E-state index in [4.69, 9.17) is 21.1 Å². The van der Waals surface area contributed by atoms with Crippen LogP contribution in [0.5, 0.6) is 5.75 Å². The molecular formula is C23H27ClN2O5S. The number of halogens is 1. The highest BCUT2D eigenvalue weighted by Crippen LogP contribution is 2.27. The lowest BCUT2D eigenvalue weighted by atomic mass is 10.2. The van der Waals surface area contributed by atoms with E-state index in [9.17, 15) is 13.2 Å². The van der Waals surface area contributed by atoms with Gasteiger partial charge in [0.15, 0.2) is 0 Å². The molecule has 9 heteroatoms. The van der Waals surface area contributed by atoms with E-state index in [1.807, 2.05) is 12.1 Å². The number of hydrogen-bond donors (Lipinski definition) is 2. The number of sulfonamides is 1. The largest absolute Gasteiger partial charge is 0.490 e. The lowest BCUT2D eigenvalue weighted by molar-refractivity contribution is 0.102. The number of nitrogens with one attached hydrogen (secondary N) is 2. The summed E-state index contributed by atoms with van der Waals surface area (Å²) >= 11 is 6.14. The molecule has 2 fully saturated rings.